The number of hydrogen-bond acceptors (Lipinski definition) is 2. The van der Waals surface area contributed by atoms with Crippen LogP contribution in [0.5, 0.6) is 0 Å². The van der Waals surface area contributed by atoms with Crippen molar-refractivity contribution in [1.29, 1.82) is 0 Å². The van der Waals surface area contributed by atoms with Gasteiger partial charge in [-0.2, -0.15) is 11.8 Å². The minimum absolute atomic E-state index is 0.256. The summed E-state index contributed by atoms with van der Waals surface area (Å²) in [7, 11) is -0.895. The molecule has 0 atom stereocenters. The summed E-state index contributed by atoms with van der Waals surface area (Å²) in [4.78, 5) is 10.1. The molecular weight excluding hydrogens is 188 g/mol. The van der Waals surface area contributed by atoms with Crippen LogP contribution in [-0.2, 0) is 4.79 Å². The lowest BCUT2D eigenvalue weighted by Crippen LogP contribution is -2.19. The molecule has 0 radical (unpaired) electrons. The first-order chi connectivity index (χ1) is 5.42. The molecule has 12 heavy (non-hydrogen) atoms. The number of rotatable bonds is 6. The van der Waals surface area contributed by atoms with Crippen LogP contribution in [0.15, 0.2) is 0 Å². The van der Waals surface area contributed by atoms with Gasteiger partial charge in [0, 0.05) is 8.07 Å². The highest BCUT2D eigenvalue weighted by Crippen LogP contribution is 2.13. The van der Waals surface area contributed by atoms with E-state index in [1.165, 1.54) is 24.2 Å². The maximum atomic E-state index is 10.1. The maximum Gasteiger partial charge on any atom is 0.313 e. The van der Waals surface area contributed by atoms with Crippen LogP contribution in [0, 0.1) is 0 Å². The summed E-state index contributed by atoms with van der Waals surface area (Å²) >= 11 is 1.52. The summed E-state index contributed by atoms with van der Waals surface area (Å²) in [5.74, 6) is 0.551. The lowest BCUT2D eigenvalue weighted by atomic mass is 10.6. The summed E-state index contributed by atoms with van der Waals surface area (Å²) < 4.78 is 0. The highest BCUT2D eigenvalue weighted by molar-refractivity contribution is 7.99. The Labute approximate surface area is 79.8 Å². The van der Waals surface area contributed by atoms with E-state index in [4.69, 9.17) is 5.11 Å². The van der Waals surface area contributed by atoms with Gasteiger partial charge in [-0.15, -0.1) is 0 Å². The summed E-state index contributed by atoms with van der Waals surface area (Å²) in [6.45, 7) is 7.03. The van der Waals surface area contributed by atoms with Gasteiger partial charge in [-0.05, 0) is 12.2 Å². The molecule has 0 fully saturated rings. The van der Waals surface area contributed by atoms with E-state index in [0.717, 1.165) is 5.75 Å². The van der Waals surface area contributed by atoms with Crippen LogP contribution in [0.1, 0.15) is 6.42 Å². The number of carboxylic acid groups (broad SMARTS) is 1. The second kappa shape index (κ2) is 5.64. The Bertz CT molecular complexity index is 142. The predicted molar refractivity (Wildman–Crippen MR) is 57.7 cm³/mol. The summed E-state index contributed by atoms with van der Waals surface area (Å²) in [5.41, 5.74) is 0. The van der Waals surface area contributed by atoms with Crippen molar-refractivity contribution in [1.82, 2.24) is 0 Å². The molecule has 0 heterocycles. The van der Waals surface area contributed by atoms with Crippen LogP contribution in [0.2, 0.25) is 25.7 Å². The third-order valence-corrected chi connectivity index (χ3v) is 4.32. The van der Waals surface area contributed by atoms with E-state index in [1.54, 1.807) is 0 Å². The van der Waals surface area contributed by atoms with Crippen LogP contribution in [0.25, 0.3) is 0 Å². The number of thioether (sulfide) groups is 1. The zero-order valence-electron chi connectivity index (χ0n) is 8.09. The average Bonchev–Trinajstić information content (AvgIpc) is 1.83. The van der Waals surface area contributed by atoms with Gasteiger partial charge >= 0.3 is 5.97 Å². The van der Waals surface area contributed by atoms with Crippen molar-refractivity contribution in [3.8, 4) is 0 Å². The van der Waals surface area contributed by atoms with Crippen LogP contribution in [0.3, 0.4) is 0 Å². The SMILES string of the molecule is C[Si](C)(C)CCCSCC(=O)O. The molecular formula is C8H18O2SSi. The van der Waals surface area contributed by atoms with E-state index < -0.39 is 14.0 Å². The first-order valence-electron chi connectivity index (χ1n) is 4.21. The Morgan fingerprint density at radius 1 is 1.42 bits per heavy atom. The normalized spacial score (nSPS) is 11.6. The summed E-state index contributed by atoms with van der Waals surface area (Å²) in [5, 5.41) is 8.36. The van der Waals surface area contributed by atoms with Gasteiger partial charge in [0.05, 0.1) is 5.75 Å². The number of aliphatic carboxylic acids is 1. The van der Waals surface area contributed by atoms with Crippen molar-refractivity contribution in [3.05, 3.63) is 0 Å². The Kier molecular flexibility index (Phi) is 5.66. The molecule has 0 aromatic carbocycles. The molecule has 0 aliphatic rings. The van der Waals surface area contributed by atoms with Crippen LogP contribution in [-0.4, -0.2) is 30.7 Å². The van der Waals surface area contributed by atoms with Crippen LogP contribution in [0.4, 0.5) is 0 Å². The molecule has 0 saturated carbocycles. The van der Waals surface area contributed by atoms with Gasteiger partial charge < -0.3 is 5.11 Å². The van der Waals surface area contributed by atoms with E-state index >= 15 is 0 Å². The predicted octanol–water partition coefficient (Wildman–Crippen LogP) is 2.53. The fraction of sp³-hybridized carbons (Fsp3) is 0.875. The quantitative estimate of drug-likeness (QED) is 0.536. The molecule has 4 heteroatoms. The molecule has 0 aliphatic heterocycles. The highest BCUT2D eigenvalue weighted by Gasteiger charge is 2.11. The summed E-state index contributed by atoms with van der Waals surface area (Å²) in [6, 6.07) is 1.31. The molecule has 72 valence electrons. The third kappa shape index (κ3) is 10.0. The Morgan fingerprint density at radius 3 is 2.42 bits per heavy atom. The average molecular weight is 206 g/mol. The number of hydrogen-bond donors (Lipinski definition) is 1. The summed E-state index contributed by atoms with van der Waals surface area (Å²) in [6.07, 6.45) is 1.17. The standard InChI is InChI=1S/C8H18O2SSi/c1-12(2,3)6-4-5-11-7-8(9)10/h4-7H2,1-3H3,(H,9,10). The van der Waals surface area contributed by atoms with Crippen molar-refractivity contribution < 1.29 is 9.90 Å². The zero-order chi connectivity index (χ0) is 9.61. The van der Waals surface area contributed by atoms with Crippen molar-refractivity contribution >= 4 is 25.8 Å². The smallest absolute Gasteiger partial charge is 0.313 e. The van der Waals surface area contributed by atoms with Gasteiger partial charge in [-0.25, -0.2) is 0 Å². The van der Waals surface area contributed by atoms with Gasteiger partial charge in [0.25, 0.3) is 0 Å². The highest BCUT2D eigenvalue weighted by atomic mass is 32.2. The fourth-order valence-electron chi connectivity index (χ4n) is 0.864. The first-order valence-corrected chi connectivity index (χ1v) is 9.07. The van der Waals surface area contributed by atoms with E-state index in [-0.39, 0.29) is 5.75 Å². The number of carboxylic acids is 1. The molecule has 0 saturated heterocycles. The lowest BCUT2D eigenvalue weighted by molar-refractivity contribution is -0.133. The van der Waals surface area contributed by atoms with Gasteiger partial charge in [-0.1, -0.05) is 25.7 Å². The zero-order valence-corrected chi connectivity index (χ0v) is 9.91. The molecule has 0 unspecified atom stereocenters. The second-order valence-electron chi connectivity index (χ2n) is 4.11. The minimum Gasteiger partial charge on any atom is -0.481 e. The third-order valence-electron chi connectivity index (χ3n) is 1.44. The first kappa shape index (κ1) is 12.0. The van der Waals surface area contributed by atoms with Gasteiger partial charge in [-0.3, -0.25) is 4.79 Å². The lowest BCUT2D eigenvalue weighted by Gasteiger charge is -2.14. The molecule has 0 rings (SSSR count). The Balaban J connectivity index is 3.17. The fourth-order valence-corrected chi connectivity index (χ4v) is 3.03. The van der Waals surface area contributed by atoms with Gasteiger partial charge in [0.1, 0.15) is 0 Å². The molecule has 0 bridgehead atoms. The molecule has 0 spiro atoms. The molecule has 0 aromatic heterocycles. The monoisotopic (exact) mass is 206 g/mol. The van der Waals surface area contributed by atoms with Crippen molar-refractivity contribution in [2.24, 2.45) is 0 Å². The minimum atomic E-state index is -0.895. The number of carbonyl (C=O) groups is 1. The largest absolute Gasteiger partial charge is 0.481 e. The molecule has 0 aromatic rings. The van der Waals surface area contributed by atoms with Crippen LogP contribution >= 0.6 is 11.8 Å². The molecule has 0 amide bonds. The van der Waals surface area contributed by atoms with Gasteiger partial charge in [0.15, 0.2) is 0 Å². The van der Waals surface area contributed by atoms with Crippen molar-refractivity contribution in [2.45, 2.75) is 32.1 Å². The van der Waals surface area contributed by atoms with Crippen molar-refractivity contribution in [2.75, 3.05) is 11.5 Å². The molecule has 2 nitrogen and oxygen atoms in total. The Hall–Kier alpha value is 0.0369. The second-order valence-corrected chi connectivity index (χ2v) is 10.8. The molecule has 1 N–H and O–H groups in total. The molecule has 0 aliphatic carbocycles. The van der Waals surface area contributed by atoms with E-state index in [2.05, 4.69) is 19.6 Å². The van der Waals surface area contributed by atoms with E-state index in [0.29, 0.717) is 0 Å². The van der Waals surface area contributed by atoms with Crippen molar-refractivity contribution in [3.63, 3.8) is 0 Å². The van der Waals surface area contributed by atoms with E-state index in [1.807, 2.05) is 0 Å². The topological polar surface area (TPSA) is 37.3 Å². The Morgan fingerprint density at radius 2 is 2.00 bits per heavy atom. The van der Waals surface area contributed by atoms with Crippen LogP contribution < -0.4 is 0 Å². The maximum absolute atomic E-state index is 10.1. The van der Waals surface area contributed by atoms with Gasteiger partial charge in [0.2, 0.25) is 0 Å². The van der Waals surface area contributed by atoms with E-state index in [9.17, 15) is 4.79 Å².